The smallest absolute Gasteiger partial charge is 0.425 e. The van der Waals surface area contributed by atoms with Crippen molar-refractivity contribution >= 4 is 12.1 Å². The molecule has 2 aliphatic heterocycles. The zero-order valence-electron chi connectivity index (χ0n) is 15.3. The van der Waals surface area contributed by atoms with Crippen LogP contribution >= 0.6 is 0 Å². The van der Waals surface area contributed by atoms with Crippen molar-refractivity contribution in [2.75, 3.05) is 13.2 Å². The van der Waals surface area contributed by atoms with Gasteiger partial charge in [0.05, 0.1) is 13.0 Å². The third-order valence-electron chi connectivity index (χ3n) is 5.60. The average molecular weight is 338 g/mol. The summed E-state index contributed by atoms with van der Waals surface area (Å²) in [5, 5.41) is 3.99. The van der Waals surface area contributed by atoms with Gasteiger partial charge in [-0.25, -0.2) is 14.8 Å². The molecule has 1 saturated carbocycles. The van der Waals surface area contributed by atoms with Gasteiger partial charge in [-0.05, 0) is 59.3 Å². The van der Waals surface area contributed by atoms with Gasteiger partial charge < -0.3 is 9.47 Å². The molecular formula is C18H30N2O4. The molecule has 1 amide bonds. The maximum Gasteiger partial charge on any atom is 0.425 e. The van der Waals surface area contributed by atoms with E-state index < -0.39 is 5.60 Å². The van der Waals surface area contributed by atoms with Crippen LogP contribution in [0.5, 0.6) is 0 Å². The van der Waals surface area contributed by atoms with Gasteiger partial charge in [0.25, 0.3) is 0 Å². The summed E-state index contributed by atoms with van der Waals surface area (Å²) in [6, 6.07) is 0.0414. The molecule has 0 N–H and O–H groups in total. The minimum absolute atomic E-state index is 0.0414. The molecule has 0 aromatic carbocycles. The summed E-state index contributed by atoms with van der Waals surface area (Å²) in [4.78, 5) is 24.7. The summed E-state index contributed by atoms with van der Waals surface area (Å²) in [6.07, 6.45) is 5.53. The van der Waals surface area contributed by atoms with Gasteiger partial charge in [0.15, 0.2) is 0 Å². The van der Waals surface area contributed by atoms with Crippen LogP contribution in [-0.2, 0) is 14.3 Å². The van der Waals surface area contributed by atoms with Crippen molar-refractivity contribution in [3.05, 3.63) is 0 Å². The molecule has 1 aliphatic carbocycles. The molecule has 3 unspecified atom stereocenters. The Balaban J connectivity index is 1.80. The van der Waals surface area contributed by atoms with E-state index in [0.717, 1.165) is 25.7 Å². The number of hydrazine groups is 1. The molecule has 3 atom stereocenters. The van der Waals surface area contributed by atoms with Gasteiger partial charge in [-0.2, -0.15) is 0 Å². The topological polar surface area (TPSA) is 59.1 Å². The number of rotatable bonds is 3. The fraction of sp³-hybridized carbons (Fsp3) is 0.889. The quantitative estimate of drug-likeness (QED) is 0.740. The first kappa shape index (κ1) is 17.5. The van der Waals surface area contributed by atoms with E-state index in [1.165, 1.54) is 6.42 Å². The number of ether oxygens (including phenoxy) is 2. The minimum atomic E-state index is -0.516. The van der Waals surface area contributed by atoms with E-state index in [-0.39, 0.29) is 23.6 Å². The Labute approximate surface area is 144 Å². The number of hydrogen-bond acceptors (Lipinski definition) is 5. The van der Waals surface area contributed by atoms with Crippen LogP contribution < -0.4 is 0 Å². The highest BCUT2D eigenvalue weighted by Gasteiger charge is 2.62. The Kier molecular flexibility index (Phi) is 4.53. The van der Waals surface area contributed by atoms with Crippen LogP contribution in [-0.4, -0.2) is 52.4 Å². The number of carbonyl (C=O) groups excluding carboxylic acids is 2. The lowest BCUT2D eigenvalue weighted by molar-refractivity contribution is -0.146. The second-order valence-electron chi connectivity index (χ2n) is 8.30. The molecule has 136 valence electrons. The number of carbonyl (C=O) groups is 2. The van der Waals surface area contributed by atoms with E-state index >= 15 is 0 Å². The molecule has 24 heavy (non-hydrogen) atoms. The van der Waals surface area contributed by atoms with Crippen LogP contribution in [0, 0.1) is 5.92 Å². The molecule has 2 heterocycles. The molecule has 2 saturated heterocycles. The predicted molar refractivity (Wildman–Crippen MR) is 89.1 cm³/mol. The van der Waals surface area contributed by atoms with Gasteiger partial charge in [0.2, 0.25) is 0 Å². The predicted octanol–water partition coefficient (Wildman–Crippen LogP) is 3.11. The van der Waals surface area contributed by atoms with E-state index in [4.69, 9.17) is 9.47 Å². The van der Waals surface area contributed by atoms with Crippen LogP contribution in [0.1, 0.15) is 66.2 Å². The van der Waals surface area contributed by atoms with Gasteiger partial charge >= 0.3 is 12.1 Å². The Morgan fingerprint density at radius 1 is 1.21 bits per heavy atom. The van der Waals surface area contributed by atoms with E-state index in [9.17, 15) is 9.59 Å². The van der Waals surface area contributed by atoms with Gasteiger partial charge in [-0.3, -0.25) is 4.79 Å². The van der Waals surface area contributed by atoms with Gasteiger partial charge in [0.1, 0.15) is 5.60 Å². The Bertz CT molecular complexity index is 516. The highest BCUT2D eigenvalue weighted by atomic mass is 16.6. The molecule has 6 nitrogen and oxygen atoms in total. The van der Waals surface area contributed by atoms with Crippen molar-refractivity contribution in [2.24, 2.45) is 5.92 Å². The van der Waals surface area contributed by atoms with E-state index in [1.54, 1.807) is 5.01 Å². The lowest BCUT2D eigenvalue weighted by atomic mass is 9.87. The number of hydrogen-bond donors (Lipinski definition) is 0. The number of nitrogens with zero attached hydrogens (tertiary/aromatic N) is 2. The molecule has 0 aromatic heterocycles. The zero-order chi connectivity index (χ0) is 17.5. The highest BCUT2D eigenvalue weighted by molar-refractivity contribution is 5.71. The molecule has 3 rings (SSSR count). The van der Waals surface area contributed by atoms with Crippen LogP contribution in [0.25, 0.3) is 0 Å². The van der Waals surface area contributed by atoms with Crippen molar-refractivity contribution in [1.29, 1.82) is 0 Å². The fourth-order valence-electron chi connectivity index (χ4n) is 4.85. The van der Waals surface area contributed by atoms with Gasteiger partial charge in [0, 0.05) is 18.1 Å². The van der Waals surface area contributed by atoms with Crippen molar-refractivity contribution in [2.45, 2.75) is 83.4 Å². The van der Waals surface area contributed by atoms with Crippen LogP contribution in [0.15, 0.2) is 0 Å². The SMILES string of the molecule is CCOC(=O)CC1CCC23CCCC2CN(C(=O)OC(C)(C)C)N13. The summed E-state index contributed by atoms with van der Waals surface area (Å²) in [5.41, 5.74) is -0.466. The third kappa shape index (κ3) is 3.01. The third-order valence-corrected chi connectivity index (χ3v) is 5.60. The van der Waals surface area contributed by atoms with Gasteiger partial charge in [-0.1, -0.05) is 6.42 Å². The number of amides is 1. The first-order chi connectivity index (χ1) is 11.3. The molecule has 0 radical (unpaired) electrons. The summed E-state index contributed by atoms with van der Waals surface area (Å²) >= 11 is 0. The number of esters is 1. The average Bonchev–Trinajstić information content (AvgIpc) is 3.07. The maximum absolute atomic E-state index is 12.7. The van der Waals surface area contributed by atoms with Crippen LogP contribution in [0.3, 0.4) is 0 Å². The van der Waals surface area contributed by atoms with E-state index in [1.807, 2.05) is 27.7 Å². The normalized spacial score (nSPS) is 32.6. The van der Waals surface area contributed by atoms with Crippen LogP contribution in [0.4, 0.5) is 4.79 Å². The molecule has 1 spiro atoms. The first-order valence-corrected chi connectivity index (χ1v) is 9.22. The van der Waals surface area contributed by atoms with E-state index in [2.05, 4.69) is 5.01 Å². The van der Waals surface area contributed by atoms with Crippen molar-refractivity contribution in [3.63, 3.8) is 0 Å². The van der Waals surface area contributed by atoms with Gasteiger partial charge in [-0.15, -0.1) is 0 Å². The standard InChI is InChI=1S/C18H30N2O4/c1-5-23-15(21)11-14-8-10-18-9-6-7-13(18)12-19(20(14)18)16(22)24-17(2,3)4/h13-14H,5-12H2,1-4H3. The molecule has 6 heteroatoms. The van der Waals surface area contributed by atoms with Crippen molar-refractivity contribution in [3.8, 4) is 0 Å². The first-order valence-electron chi connectivity index (χ1n) is 9.22. The largest absolute Gasteiger partial charge is 0.466 e. The molecule has 3 fully saturated rings. The summed E-state index contributed by atoms with van der Waals surface area (Å²) in [6.45, 7) is 8.60. The Hall–Kier alpha value is -1.30. The molecular weight excluding hydrogens is 308 g/mol. The zero-order valence-corrected chi connectivity index (χ0v) is 15.3. The molecule has 3 aliphatic rings. The minimum Gasteiger partial charge on any atom is -0.466 e. The summed E-state index contributed by atoms with van der Waals surface area (Å²) in [5.74, 6) is 0.322. The van der Waals surface area contributed by atoms with Crippen molar-refractivity contribution in [1.82, 2.24) is 10.0 Å². The fourth-order valence-corrected chi connectivity index (χ4v) is 4.85. The Morgan fingerprint density at radius 2 is 1.96 bits per heavy atom. The summed E-state index contributed by atoms with van der Waals surface area (Å²) < 4.78 is 10.8. The molecule has 0 aromatic rings. The Morgan fingerprint density at radius 3 is 2.62 bits per heavy atom. The van der Waals surface area contributed by atoms with Crippen molar-refractivity contribution < 1.29 is 19.1 Å². The lowest BCUT2D eigenvalue weighted by Crippen LogP contribution is -2.53. The lowest BCUT2D eigenvalue weighted by Gasteiger charge is -2.39. The second-order valence-corrected chi connectivity index (χ2v) is 8.30. The second kappa shape index (κ2) is 6.21. The van der Waals surface area contributed by atoms with E-state index in [0.29, 0.717) is 25.5 Å². The molecule has 0 bridgehead atoms. The monoisotopic (exact) mass is 338 g/mol. The van der Waals surface area contributed by atoms with Crippen LogP contribution in [0.2, 0.25) is 0 Å². The maximum atomic E-state index is 12.7. The highest BCUT2D eigenvalue weighted by Crippen LogP contribution is 2.55. The summed E-state index contributed by atoms with van der Waals surface area (Å²) in [7, 11) is 0.